The fourth-order valence-corrected chi connectivity index (χ4v) is 3.48. The average Bonchev–Trinajstić information content (AvgIpc) is 2.72. The monoisotopic (exact) mass is 506 g/mol. The van der Waals surface area contributed by atoms with Gasteiger partial charge in [-0.15, -0.1) is 0 Å². The van der Waals surface area contributed by atoms with Gasteiger partial charge in [0.25, 0.3) is 0 Å². The smallest absolute Gasteiger partial charge is 0.416 e. The topological polar surface area (TPSA) is 84.5 Å². The maximum absolute atomic E-state index is 14.0. The van der Waals surface area contributed by atoms with Crippen LogP contribution in [0.5, 0.6) is 5.75 Å². The number of hydrogen-bond acceptors (Lipinski definition) is 4. The summed E-state index contributed by atoms with van der Waals surface area (Å²) in [6.45, 7) is 1.91. The van der Waals surface area contributed by atoms with Crippen LogP contribution >= 0.6 is 0 Å². The second kappa shape index (κ2) is 11.3. The summed E-state index contributed by atoms with van der Waals surface area (Å²) in [5.41, 5.74) is -1.08. The molecule has 0 radical (unpaired) electrons. The molecule has 2 aromatic carbocycles. The van der Waals surface area contributed by atoms with Crippen LogP contribution < -0.4 is 14.8 Å². The molecule has 0 spiro atoms. The van der Waals surface area contributed by atoms with Crippen molar-refractivity contribution in [1.29, 1.82) is 0 Å². The number of amides is 1. The summed E-state index contributed by atoms with van der Waals surface area (Å²) in [4.78, 5) is 12.0. The van der Waals surface area contributed by atoms with Crippen molar-refractivity contribution < 1.29 is 39.9 Å². The van der Waals surface area contributed by atoms with E-state index in [4.69, 9.17) is 4.74 Å². The van der Waals surface area contributed by atoms with Gasteiger partial charge in [0.1, 0.15) is 11.4 Å². The lowest BCUT2D eigenvalue weighted by atomic mass is 10.1. The molecule has 6 nitrogen and oxygen atoms in total. The van der Waals surface area contributed by atoms with Crippen LogP contribution in [-0.2, 0) is 27.4 Å². The quantitative estimate of drug-likeness (QED) is 0.282. The van der Waals surface area contributed by atoms with Gasteiger partial charge < -0.3 is 10.1 Å². The van der Waals surface area contributed by atoms with Crippen molar-refractivity contribution >= 4 is 27.7 Å². The Morgan fingerprint density at radius 1 is 1.12 bits per heavy atom. The number of carbonyl (C=O) groups is 1. The van der Waals surface area contributed by atoms with E-state index in [9.17, 15) is 35.2 Å². The molecule has 0 saturated heterocycles. The van der Waals surface area contributed by atoms with Crippen molar-refractivity contribution in [2.75, 3.05) is 24.1 Å². The molecular formula is C22H23F5N2O4S. The molecule has 0 unspecified atom stereocenters. The van der Waals surface area contributed by atoms with Crippen molar-refractivity contribution in [3.05, 3.63) is 64.7 Å². The van der Waals surface area contributed by atoms with Crippen LogP contribution in [0.15, 0.2) is 36.4 Å². The molecule has 0 aliphatic heterocycles. The van der Waals surface area contributed by atoms with E-state index in [2.05, 4.69) is 5.32 Å². The number of anilines is 1. The number of ether oxygens (including phenoxy) is 1. The van der Waals surface area contributed by atoms with Gasteiger partial charge in [0.05, 0.1) is 18.4 Å². The molecule has 1 amide bonds. The predicted octanol–water partition coefficient (Wildman–Crippen LogP) is 4.52. The van der Waals surface area contributed by atoms with Crippen LogP contribution in [0, 0.1) is 11.6 Å². The molecule has 0 bridgehead atoms. The highest BCUT2D eigenvalue weighted by Crippen LogP contribution is 2.33. The highest BCUT2D eigenvalue weighted by molar-refractivity contribution is 7.92. The van der Waals surface area contributed by atoms with E-state index in [1.54, 1.807) is 11.6 Å². The molecule has 0 aliphatic rings. The van der Waals surface area contributed by atoms with Gasteiger partial charge in [-0.2, -0.15) is 13.2 Å². The van der Waals surface area contributed by atoms with Crippen LogP contribution in [-0.4, -0.2) is 33.7 Å². The molecule has 2 N–H and O–H groups in total. The first-order chi connectivity index (χ1) is 15.8. The molecule has 2 aromatic rings. The number of rotatable bonds is 10. The van der Waals surface area contributed by atoms with E-state index in [-0.39, 0.29) is 30.9 Å². The van der Waals surface area contributed by atoms with E-state index >= 15 is 0 Å². The molecule has 12 heteroatoms. The predicted molar refractivity (Wildman–Crippen MR) is 118 cm³/mol. The Labute approximate surface area is 193 Å². The normalized spacial score (nSPS) is 12.1. The maximum atomic E-state index is 14.0. The molecule has 186 valence electrons. The number of benzene rings is 2. The van der Waals surface area contributed by atoms with Gasteiger partial charge in [0.15, 0.2) is 11.6 Å². The molecule has 0 heterocycles. The summed E-state index contributed by atoms with van der Waals surface area (Å²) in [6, 6.07) is 4.94. The van der Waals surface area contributed by atoms with Gasteiger partial charge in [-0.25, -0.2) is 17.2 Å². The van der Waals surface area contributed by atoms with Crippen molar-refractivity contribution in [2.24, 2.45) is 0 Å². The summed E-state index contributed by atoms with van der Waals surface area (Å²) in [5, 5.41) is 2.56. The highest BCUT2D eigenvalue weighted by Gasteiger charge is 2.31. The van der Waals surface area contributed by atoms with Crippen LogP contribution in [0.25, 0.3) is 6.08 Å². The number of carbonyl (C=O) groups excluding carboxylic acids is 1. The summed E-state index contributed by atoms with van der Waals surface area (Å²) in [6.07, 6.45) is -0.783. The summed E-state index contributed by atoms with van der Waals surface area (Å²) in [7, 11) is -3.85. The number of alkyl halides is 3. The van der Waals surface area contributed by atoms with Gasteiger partial charge in [-0.05, 0) is 55.7 Å². The lowest BCUT2D eigenvalue weighted by molar-refractivity contribution is -0.137. The van der Waals surface area contributed by atoms with Crippen molar-refractivity contribution in [3.63, 3.8) is 0 Å². The van der Waals surface area contributed by atoms with E-state index < -0.39 is 45.0 Å². The highest BCUT2D eigenvalue weighted by atomic mass is 32.2. The van der Waals surface area contributed by atoms with E-state index in [0.717, 1.165) is 36.6 Å². The summed E-state index contributed by atoms with van der Waals surface area (Å²) >= 11 is 0. The molecular weight excluding hydrogens is 483 g/mol. The second-order valence-electron chi connectivity index (χ2n) is 7.22. The minimum Gasteiger partial charge on any atom is -0.493 e. The third kappa shape index (κ3) is 8.32. The third-order valence-corrected chi connectivity index (χ3v) is 4.96. The van der Waals surface area contributed by atoms with Crippen molar-refractivity contribution in [3.8, 4) is 5.75 Å². The Hall–Kier alpha value is -3.15. The van der Waals surface area contributed by atoms with Crippen LogP contribution in [0.3, 0.4) is 0 Å². The summed E-state index contributed by atoms with van der Waals surface area (Å²) < 4.78 is 96.0. The van der Waals surface area contributed by atoms with Crippen molar-refractivity contribution in [1.82, 2.24) is 5.32 Å². The van der Waals surface area contributed by atoms with E-state index in [0.29, 0.717) is 12.0 Å². The molecule has 0 atom stereocenters. The second-order valence-corrected chi connectivity index (χ2v) is 8.97. The number of nitrogens with one attached hydrogen (secondary N) is 2. The first-order valence-electron chi connectivity index (χ1n) is 10.1. The molecule has 0 aromatic heterocycles. The van der Waals surface area contributed by atoms with Crippen LogP contribution in [0.1, 0.15) is 30.0 Å². The minimum absolute atomic E-state index is 0.0146. The molecule has 0 aliphatic carbocycles. The van der Waals surface area contributed by atoms with Crippen LogP contribution in [0.4, 0.5) is 27.6 Å². The first-order valence-corrected chi connectivity index (χ1v) is 11.9. The zero-order valence-corrected chi connectivity index (χ0v) is 19.1. The molecule has 34 heavy (non-hydrogen) atoms. The fourth-order valence-electron chi connectivity index (χ4n) is 2.91. The standard InChI is InChI=1S/C22H23F5N2O4S/c1-3-33-19-13-16(22(25,26)27)8-6-15(19)7-9-20(30)28-10-4-5-14-11-17(23)21(18(24)12-14)29-34(2,31)32/h6-9,11-13,29H,3-5,10H2,1-2H3,(H,28,30). The molecule has 0 saturated carbocycles. The molecule has 0 fully saturated rings. The number of halogens is 5. The Kier molecular flexibility index (Phi) is 9.02. The minimum atomic E-state index is -4.53. The van der Waals surface area contributed by atoms with E-state index in [1.807, 2.05) is 0 Å². The van der Waals surface area contributed by atoms with Crippen LogP contribution in [0.2, 0.25) is 0 Å². The fraction of sp³-hybridized carbons (Fsp3) is 0.318. The Balaban J connectivity index is 1.93. The average molecular weight is 506 g/mol. The SMILES string of the molecule is CCOc1cc(C(F)(F)F)ccc1C=CC(=O)NCCCc1cc(F)c(NS(C)(=O)=O)c(F)c1. The lowest BCUT2D eigenvalue weighted by Gasteiger charge is -2.12. The van der Waals surface area contributed by atoms with Gasteiger partial charge in [0, 0.05) is 18.2 Å². The Bertz CT molecular complexity index is 1140. The Morgan fingerprint density at radius 3 is 2.32 bits per heavy atom. The van der Waals surface area contributed by atoms with Gasteiger partial charge in [-0.3, -0.25) is 9.52 Å². The van der Waals surface area contributed by atoms with E-state index in [1.165, 1.54) is 12.1 Å². The third-order valence-electron chi connectivity index (χ3n) is 4.39. The van der Waals surface area contributed by atoms with Crippen molar-refractivity contribution in [2.45, 2.75) is 25.9 Å². The summed E-state index contributed by atoms with van der Waals surface area (Å²) in [5.74, 6) is -2.66. The van der Waals surface area contributed by atoms with Gasteiger partial charge in [-0.1, -0.05) is 6.07 Å². The maximum Gasteiger partial charge on any atom is 0.416 e. The molecule has 2 rings (SSSR count). The first kappa shape index (κ1) is 27.1. The largest absolute Gasteiger partial charge is 0.493 e. The van der Waals surface area contributed by atoms with Gasteiger partial charge in [0.2, 0.25) is 15.9 Å². The zero-order valence-electron chi connectivity index (χ0n) is 18.3. The Morgan fingerprint density at radius 2 is 1.76 bits per heavy atom. The number of hydrogen-bond donors (Lipinski definition) is 2. The number of aryl methyl sites for hydroxylation is 1. The van der Waals surface area contributed by atoms with Gasteiger partial charge >= 0.3 is 6.18 Å². The lowest BCUT2D eigenvalue weighted by Crippen LogP contribution is -2.22. The zero-order chi connectivity index (χ0) is 25.5. The number of sulfonamides is 1.